The van der Waals surface area contributed by atoms with Gasteiger partial charge in [0.2, 0.25) is 0 Å². The summed E-state index contributed by atoms with van der Waals surface area (Å²) in [5, 5.41) is 0. The van der Waals surface area contributed by atoms with E-state index in [9.17, 15) is 43.9 Å². The predicted molar refractivity (Wildman–Crippen MR) is 35.4 cm³/mol. The molecule has 17 heavy (non-hydrogen) atoms. The van der Waals surface area contributed by atoms with Gasteiger partial charge in [-0.05, 0) is 0 Å². The van der Waals surface area contributed by atoms with E-state index >= 15 is 0 Å². The van der Waals surface area contributed by atoms with Crippen LogP contribution in [0.5, 0.6) is 0 Å². The highest BCUT2D eigenvalue weighted by Crippen LogP contribution is 2.56. The third kappa shape index (κ3) is 2.17. The first-order valence-corrected chi connectivity index (χ1v) is 3.60. The zero-order chi connectivity index (χ0) is 14.5. The highest BCUT2D eigenvalue weighted by atomic mass is 19.4. The third-order valence-electron chi connectivity index (χ3n) is 1.71. The summed E-state index contributed by atoms with van der Waals surface area (Å²) in [6.07, 6.45) is 0. The van der Waals surface area contributed by atoms with Gasteiger partial charge in [0.15, 0.2) is 0 Å². The Hall–Kier alpha value is -0.700. The van der Waals surface area contributed by atoms with Crippen LogP contribution in [0.15, 0.2) is 0 Å². The van der Waals surface area contributed by atoms with Gasteiger partial charge in [0.1, 0.15) is 0 Å². The fourth-order valence-corrected chi connectivity index (χ4v) is 0.657. The first-order chi connectivity index (χ1) is 7.00. The highest BCUT2D eigenvalue weighted by Gasteiger charge is 2.84. The Bertz CT molecular complexity index is 252. The molecule has 0 saturated heterocycles. The number of rotatable bonds is 4. The second-order valence-corrected chi connectivity index (χ2v) is 3.13. The fourth-order valence-electron chi connectivity index (χ4n) is 0.657. The molecule has 0 heterocycles. The SMILES string of the molecule is [CH2]C(F)(F)C(F)(F)C(F)(F)C(F)(F)C([CH2])(F)F. The molecule has 0 aliphatic carbocycles. The van der Waals surface area contributed by atoms with Crippen molar-refractivity contribution in [1.82, 2.24) is 0 Å². The van der Waals surface area contributed by atoms with Crippen LogP contribution in [0.1, 0.15) is 0 Å². The Kier molecular flexibility index (Phi) is 3.49. The summed E-state index contributed by atoms with van der Waals surface area (Å²) in [4.78, 5) is 0. The Morgan fingerprint density at radius 3 is 0.706 bits per heavy atom. The van der Waals surface area contributed by atoms with E-state index in [1.165, 1.54) is 13.8 Å². The van der Waals surface area contributed by atoms with Gasteiger partial charge < -0.3 is 0 Å². The van der Waals surface area contributed by atoms with Crippen LogP contribution in [0.4, 0.5) is 43.9 Å². The van der Waals surface area contributed by atoms with Crippen molar-refractivity contribution in [3.63, 3.8) is 0 Å². The average molecular weight is 278 g/mol. The minimum atomic E-state index is -7.03. The lowest BCUT2D eigenvalue weighted by atomic mass is 9.96. The van der Waals surface area contributed by atoms with Crippen molar-refractivity contribution in [1.29, 1.82) is 0 Å². The van der Waals surface area contributed by atoms with Gasteiger partial charge in [0.25, 0.3) is 0 Å². The highest BCUT2D eigenvalue weighted by molar-refractivity contribution is 5.09. The van der Waals surface area contributed by atoms with Crippen molar-refractivity contribution in [2.45, 2.75) is 29.6 Å². The average Bonchev–Trinajstić information content (AvgIpc) is 1.98. The van der Waals surface area contributed by atoms with E-state index in [0.29, 0.717) is 0 Å². The fraction of sp³-hybridized carbons (Fsp3) is 0.714. The quantitative estimate of drug-likeness (QED) is 0.685. The van der Waals surface area contributed by atoms with Gasteiger partial charge in [-0.2, -0.15) is 43.9 Å². The second kappa shape index (κ2) is 3.64. The second-order valence-electron chi connectivity index (χ2n) is 3.13. The molecule has 0 atom stereocenters. The summed E-state index contributed by atoms with van der Waals surface area (Å²) in [6.45, 7) is 2.48. The molecular weight excluding hydrogens is 274 g/mol. The van der Waals surface area contributed by atoms with E-state index in [0.717, 1.165) is 0 Å². The van der Waals surface area contributed by atoms with Crippen LogP contribution in [0.3, 0.4) is 0 Å². The number of halogens is 10. The molecule has 0 aromatic rings. The van der Waals surface area contributed by atoms with Crippen LogP contribution in [-0.4, -0.2) is 29.6 Å². The molecule has 0 unspecified atom stereocenters. The van der Waals surface area contributed by atoms with Gasteiger partial charge in [-0.3, -0.25) is 0 Å². The molecule has 0 aromatic carbocycles. The zero-order valence-electron chi connectivity index (χ0n) is 7.69. The third-order valence-corrected chi connectivity index (χ3v) is 1.71. The molecule has 0 N–H and O–H groups in total. The monoisotopic (exact) mass is 278 g/mol. The minimum Gasteiger partial charge on any atom is -0.200 e. The molecule has 102 valence electrons. The molecule has 0 rings (SSSR count). The van der Waals surface area contributed by atoms with Crippen LogP contribution in [0.2, 0.25) is 0 Å². The van der Waals surface area contributed by atoms with Crippen molar-refractivity contribution in [2.75, 3.05) is 0 Å². The molecule has 0 aliphatic heterocycles. The molecule has 0 bridgehead atoms. The minimum absolute atomic E-state index is 1.24. The summed E-state index contributed by atoms with van der Waals surface area (Å²) in [6, 6.07) is 0. The van der Waals surface area contributed by atoms with E-state index in [4.69, 9.17) is 0 Å². The molecular formula is C7H4F10. The van der Waals surface area contributed by atoms with Gasteiger partial charge in [0.05, 0.1) is 0 Å². The summed E-state index contributed by atoms with van der Waals surface area (Å²) in [5.41, 5.74) is 0. The van der Waals surface area contributed by atoms with Gasteiger partial charge >= 0.3 is 29.6 Å². The van der Waals surface area contributed by atoms with Crippen LogP contribution in [0, 0.1) is 13.8 Å². The Balaban J connectivity index is 5.73. The van der Waals surface area contributed by atoms with Crippen molar-refractivity contribution < 1.29 is 43.9 Å². The Morgan fingerprint density at radius 1 is 0.412 bits per heavy atom. The Morgan fingerprint density at radius 2 is 0.588 bits per heavy atom. The molecule has 0 nitrogen and oxygen atoms in total. The first kappa shape index (κ1) is 16.3. The lowest BCUT2D eigenvalue weighted by Crippen LogP contribution is -2.66. The number of hydrogen-bond acceptors (Lipinski definition) is 0. The molecule has 0 spiro atoms. The maximum Gasteiger partial charge on any atom is 0.384 e. The van der Waals surface area contributed by atoms with Crippen LogP contribution < -0.4 is 0 Å². The van der Waals surface area contributed by atoms with Crippen molar-refractivity contribution >= 4 is 0 Å². The molecule has 0 aromatic heterocycles. The summed E-state index contributed by atoms with van der Waals surface area (Å²) < 4.78 is 122. The van der Waals surface area contributed by atoms with Crippen molar-refractivity contribution in [3.8, 4) is 0 Å². The maximum atomic E-state index is 12.4. The molecule has 2 radical (unpaired) electrons. The summed E-state index contributed by atoms with van der Waals surface area (Å²) >= 11 is 0. The standard InChI is InChI=1S/C7H4F10/c1-3(8,9)5(12,13)7(16,17)6(14,15)4(2,10)11/h1-2H2. The lowest BCUT2D eigenvalue weighted by molar-refractivity contribution is -0.388. The maximum absolute atomic E-state index is 12.4. The van der Waals surface area contributed by atoms with Crippen LogP contribution in [0.25, 0.3) is 0 Å². The normalized spacial score (nSPS) is 16.2. The first-order valence-electron chi connectivity index (χ1n) is 3.60. The van der Waals surface area contributed by atoms with E-state index in [-0.39, 0.29) is 0 Å². The molecule has 0 amide bonds. The van der Waals surface area contributed by atoms with Crippen LogP contribution >= 0.6 is 0 Å². The largest absolute Gasteiger partial charge is 0.384 e. The van der Waals surface area contributed by atoms with E-state index in [2.05, 4.69) is 0 Å². The summed E-state index contributed by atoms with van der Waals surface area (Å²) in [7, 11) is 0. The topological polar surface area (TPSA) is 0 Å². The van der Waals surface area contributed by atoms with Gasteiger partial charge in [-0.15, -0.1) is 0 Å². The Labute approximate surface area is 88.6 Å². The summed E-state index contributed by atoms with van der Waals surface area (Å²) in [5.74, 6) is -32.3. The van der Waals surface area contributed by atoms with Crippen molar-refractivity contribution in [2.24, 2.45) is 0 Å². The molecule has 0 aliphatic rings. The smallest absolute Gasteiger partial charge is 0.200 e. The van der Waals surface area contributed by atoms with E-state index < -0.39 is 29.6 Å². The molecule has 0 fully saturated rings. The van der Waals surface area contributed by atoms with Gasteiger partial charge in [0, 0.05) is 13.8 Å². The zero-order valence-corrected chi connectivity index (χ0v) is 7.69. The van der Waals surface area contributed by atoms with Crippen LogP contribution in [-0.2, 0) is 0 Å². The van der Waals surface area contributed by atoms with E-state index in [1.54, 1.807) is 0 Å². The predicted octanol–water partition coefficient (Wildman–Crippen LogP) is 3.83. The molecule has 0 saturated carbocycles. The number of alkyl halides is 10. The molecule has 10 heteroatoms. The van der Waals surface area contributed by atoms with Gasteiger partial charge in [-0.1, -0.05) is 0 Å². The van der Waals surface area contributed by atoms with Crippen molar-refractivity contribution in [3.05, 3.63) is 13.8 Å². The lowest BCUT2D eigenvalue weighted by Gasteiger charge is -2.37. The van der Waals surface area contributed by atoms with Gasteiger partial charge in [-0.25, -0.2) is 0 Å². The van der Waals surface area contributed by atoms with E-state index in [1.807, 2.05) is 0 Å². The number of hydrogen-bond donors (Lipinski definition) is 0.